The van der Waals surface area contributed by atoms with Crippen molar-refractivity contribution in [1.82, 2.24) is 15.3 Å². The first-order chi connectivity index (χ1) is 6.70. The van der Waals surface area contributed by atoms with Crippen molar-refractivity contribution < 1.29 is 0 Å². The van der Waals surface area contributed by atoms with Gasteiger partial charge in [-0.1, -0.05) is 11.6 Å². The number of nitrogens with zero attached hydrogens (tertiary/aromatic N) is 1. The van der Waals surface area contributed by atoms with Crippen molar-refractivity contribution in [1.29, 1.82) is 0 Å². The van der Waals surface area contributed by atoms with E-state index in [0.717, 1.165) is 21.9 Å². The van der Waals surface area contributed by atoms with Gasteiger partial charge in [0, 0.05) is 5.02 Å². The zero-order valence-electron chi connectivity index (χ0n) is 8.13. The van der Waals surface area contributed by atoms with E-state index in [1.165, 1.54) is 0 Å². The lowest BCUT2D eigenvalue weighted by atomic mass is 10.3. The Labute approximate surface area is 87.5 Å². The topological polar surface area (TPSA) is 40.7 Å². The summed E-state index contributed by atoms with van der Waals surface area (Å²) in [6.45, 7) is 2.05. The van der Waals surface area contributed by atoms with Crippen LogP contribution in [0.1, 0.15) is 18.8 Å². The number of H-pyrrole nitrogens is 1. The summed E-state index contributed by atoms with van der Waals surface area (Å²) in [5.41, 5.74) is 1.93. The monoisotopic (exact) mass is 209 g/mol. The van der Waals surface area contributed by atoms with E-state index in [9.17, 15) is 0 Å². The summed E-state index contributed by atoms with van der Waals surface area (Å²) in [6, 6.07) is 5.87. The van der Waals surface area contributed by atoms with Gasteiger partial charge >= 0.3 is 0 Å². The summed E-state index contributed by atoms with van der Waals surface area (Å²) in [5, 5.41) is 3.86. The molecular weight excluding hydrogens is 198 g/mol. The maximum Gasteiger partial charge on any atom is 0.124 e. The molecule has 0 fully saturated rings. The van der Waals surface area contributed by atoms with Gasteiger partial charge in [0.15, 0.2) is 0 Å². The molecule has 0 spiro atoms. The van der Waals surface area contributed by atoms with Crippen LogP contribution in [0.2, 0.25) is 5.02 Å². The molecule has 2 N–H and O–H groups in total. The number of imidazole rings is 1. The Morgan fingerprint density at radius 3 is 3.00 bits per heavy atom. The Morgan fingerprint density at radius 1 is 1.50 bits per heavy atom. The van der Waals surface area contributed by atoms with E-state index in [1.54, 1.807) is 0 Å². The number of halogens is 1. The van der Waals surface area contributed by atoms with Crippen LogP contribution >= 0.6 is 11.6 Å². The summed E-state index contributed by atoms with van der Waals surface area (Å²) < 4.78 is 0. The van der Waals surface area contributed by atoms with E-state index >= 15 is 0 Å². The molecule has 2 aromatic rings. The third-order valence-corrected chi connectivity index (χ3v) is 2.54. The molecule has 2 rings (SSSR count). The molecule has 3 nitrogen and oxygen atoms in total. The average Bonchev–Trinajstić information content (AvgIpc) is 2.59. The van der Waals surface area contributed by atoms with E-state index < -0.39 is 0 Å². The molecule has 0 saturated heterocycles. The van der Waals surface area contributed by atoms with Crippen molar-refractivity contribution in [3.05, 3.63) is 29.0 Å². The number of benzene rings is 1. The molecule has 14 heavy (non-hydrogen) atoms. The highest BCUT2D eigenvalue weighted by Gasteiger charge is 2.08. The van der Waals surface area contributed by atoms with Gasteiger partial charge in [-0.3, -0.25) is 0 Å². The van der Waals surface area contributed by atoms with Gasteiger partial charge < -0.3 is 10.3 Å². The van der Waals surface area contributed by atoms with Crippen molar-refractivity contribution in [3.8, 4) is 0 Å². The Balaban J connectivity index is 2.51. The molecule has 74 valence electrons. The predicted octanol–water partition coefficient (Wildman–Crippen LogP) is 2.50. The SMILES string of the molecule is CN[C@@H](C)c1nc2ccc(Cl)cc2[nH]1. The van der Waals surface area contributed by atoms with E-state index in [1.807, 2.05) is 25.2 Å². The quantitative estimate of drug-likeness (QED) is 0.798. The average molecular weight is 210 g/mol. The van der Waals surface area contributed by atoms with Crippen LogP contribution in [0.25, 0.3) is 11.0 Å². The van der Waals surface area contributed by atoms with E-state index in [0.29, 0.717) is 0 Å². The lowest BCUT2D eigenvalue weighted by Gasteiger charge is -2.04. The van der Waals surface area contributed by atoms with Crippen LogP contribution in [0.5, 0.6) is 0 Å². The molecule has 1 aromatic carbocycles. The van der Waals surface area contributed by atoms with Gasteiger partial charge in [0.25, 0.3) is 0 Å². The van der Waals surface area contributed by atoms with Crippen LogP contribution in [0.15, 0.2) is 18.2 Å². The lowest BCUT2D eigenvalue weighted by Crippen LogP contribution is -2.13. The normalized spacial score (nSPS) is 13.4. The number of hydrogen-bond acceptors (Lipinski definition) is 2. The van der Waals surface area contributed by atoms with Gasteiger partial charge in [-0.15, -0.1) is 0 Å². The fourth-order valence-corrected chi connectivity index (χ4v) is 1.52. The van der Waals surface area contributed by atoms with Gasteiger partial charge in [-0.25, -0.2) is 4.98 Å². The van der Waals surface area contributed by atoms with Crippen LogP contribution in [-0.4, -0.2) is 17.0 Å². The number of fused-ring (bicyclic) bond motifs is 1. The van der Waals surface area contributed by atoms with Crippen LogP contribution in [0.3, 0.4) is 0 Å². The highest BCUT2D eigenvalue weighted by atomic mass is 35.5. The van der Waals surface area contributed by atoms with E-state index in [4.69, 9.17) is 11.6 Å². The molecule has 1 aromatic heterocycles. The second kappa shape index (κ2) is 3.59. The number of aromatic amines is 1. The van der Waals surface area contributed by atoms with Gasteiger partial charge in [-0.2, -0.15) is 0 Å². The Bertz CT molecular complexity index is 450. The number of nitrogens with one attached hydrogen (secondary N) is 2. The van der Waals surface area contributed by atoms with E-state index in [-0.39, 0.29) is 6.04 Å². The Hall–Kier alpha value is -1.06. The first kappa shape index (κ1) is 9.49. The molecule has 0 unspecified atom stereocenters. The minimum absolute atomic E-state index is 0.223. The van der Waals surface area contributed by atoms with Crippen molar-refractivity contribution in [2.24, 2.45) is 0 Å². The zero-order valence-corrected chi connectivity index (χ0v) is 8.89. The maximum atomic E-state index is 5.88. The summed E-state index contributed by atoms with van der Waals surface area (Å²) in [7, 11) is 1.91. The van der Waals surface area contributed by atoms with Crippen LogP contribution in [-0.2, 0) is 0 Å². The van der Waals surface area contributed by atoms with Crippen LogP contribution in [0, 0.1) is 0 Å². The third-order valence-electron chi connectivity index (χ3n) is 2.31. The Morgan fingerprint density at radius 2 is 2.29 bits per heavy atom. The second-order valence-corrected chi connectivity index (χ2v) is 3.73. The van der Waals surface area contributed by atoms with Crippen LogP contribution < -0.4 is 5.32 Å². The molecule has 0 radical (unpaired) electrons. The summed E-state index contributed by atoms with van der Waals surface area (Å²) in [4.78, 5) is 7.68. The lowest BCUT2D eigenvalue weighted by molar-refractivity contribution is 0.620. The molecule has 1 atom stereocenters. The smallest absolute Gasteiger partial charge is 0.124 e. The molecule has 0 saturated carbocycles. The standard InChI is InChI=1S/C10H12ClN3/c1-6(12-2)10-13-8-4-3-7(11)5-9(8)14-10/h3-6,12H,1-2H3,(H,13,14)/t6-/m0/s1. The third kappa shape index (κ3) is 1.61. The molecule has 1 heterocycles. The highest BCUT2D eigenvalue weighted by molar-refractivity contribution is 6.31. The van der Waals surface area contributed by atoms with Gasteiger partial charge in [-0.05, 0) is 32.2 Å². The van der Waals surface area contributed by atoms with Crippen molar-refractivity contribution in [2.45, 2.75) is 13.0 Å². The predicted molar refractivity (Wildman–Crippen MR) is 58.6 cm³/mol. The highest BCUT2D eigenvalue weighted by Crippen LogP contribution is 2.19. The minimum Gasteiger partial charge on any atom is -0.341 e. The molecule has 0 amide bonds. The fourth-order valence-electron chi connectivity index (χ4n) is 1.34. The van der Waals surface area contributed by atoms with Crippen molar-refractivity contribution >= 4 is 22.6 Å². The number of hydrogen-bond donors (Lipinski definition) is 2. The van der Waals surface area contributed by atoms with Gasteiger partial charge in [0.1, 0.15) is 5.82 Å². The first-order valence-electron chi connectivity index (χ1n) is 4.53. The molecule has 0 aliphatic carbocycles. The molecule has 0 bridgehead atoms. The van der Waals surface area contributed by atoms with Gasteiger partial charge in [0.2, 0.25) is 0 Å². The fraction of sp³-hybridized carbons (Fsp3) is 0.300. The summed E-state index contributed by atoms with van der Waals surface area (Å²) >= 11 is 5.88. The zero-order chi connectivity index (χ0) is 10.1. The number of rotatable bonds is 2. The molecular formula is C10H12ClN3. The second-order valence-electron chi connectivity index (χ2n) is 3.29. The van der Waals surface area contributed by atoms with Gasteiger partial charge in [0.05, 0.1) is 17.1 Å². The largest absolute Gasteiger partial charge is 0.341 e. The number of aromatic nitrogens is 2. The minimum atomic E-state index is 0.223. The molecule has 0 aliphatic heterocycles. The molecule has 4 heteroatoms. The summed E-state index contributed by atoms with van der Waals surface area (Å²) in [6.07, 6.45) is 0. The van der Waals surface area contributed by atoms with Crippen molar-refractivity contribution in [2.75, 3.05) is 7.05 Å². The Kier molecular flexibility index (Phi) is 2.44. The first-order valence-corrected chi connectivity index (χ1v) is 4.91. The van der Waals surface area contributed by atoms with Crippen molar-refractivity contribution in [3.63, 3.8) is 0 Å². The maximum absolute atomic E-state index is 5.88. The summed E-state index contributed by atoms with van der Waals surface area (Å²) in [5.74, 6) is 0.935. The van der Waals surface area contributed by atoms with E-state index in [2.05, 4.69) is 22.2 Å². The molecule has 0 aliphatic rings. The van der Waals surface area contributed by atoms with Crippen LogP contribution in [0.4, 0.5) is 0 Å².